The molecule has 0 unspecified atom stereocenters. The van der Waals surface area contributed by atoms with Crippen molar-refractivity contribution in [2.75, 3.05) is 17.7 Å². The lowest BCUT2D eigenvalue weighted by molar-refractivity contribution is -0.118. The molecular weight excluding hydrogens is 370 g/mol. The van der Waals surface area contributed by atoms with E-state index in [0.717, 1.165) is 16.0 Å². The predicted octanol–water partition coefficient (Wildman–Crippen LogP) is 4.99. The molecule has 0 fully saturated rings. The second kappa shape index (κ2) is 9.76. The van der Waals surface area contributed by atoms with Crippen LogP contribution in [-0.2, 0) is 4.79 Å². The molecule has 28 heavy (non-hydrogen) atoms. The summed E-state index contributed by atoms with van der Waals surface area (Å²) >= 11 is 1.48. The monoisotopic (exact) mass is 391 g/mol. The van der Waals surface area contributed by atoms with Gasteiger partial charge >= 0.3 is 0 Å². The van der Waals surface area contributed by atoms with Crippen molar-refractivity contribution < 1.29 is 14.3 Å². The molecule has 0 spiro atoms. The van der Waals surface area contributed by atoms with E-state index >= 15 is 0 Å². The number of rotatable bonds is 8. The third-order valence-corrected chi connectivity index (χ3v) is 5.01. The standard InChI is InChI=1S/C23H21NO3S/c1-17-7-9-18(10-8-17)22(25)16-28-21-13-11-19(12-14-21)24-23(26)15-27-20-5-3-2-4-6-20/h2-14H,15-16H2,1H3,(H,24,26). The van der Waals surface area contributed by atoms with Crippen LogP contribution in [0.5, 0.6) is 5.75 Å². The average molecular weight is 391 g/mol. The summed E-state index contributed by atoms with van der Waals surface area (Å²) in [6.07, 6.45) is 0. The highest BCUT2D eigenvalue weighted by atomic mass is 32.2. The summed E-state index contributed by atoms with van der Waals surface area (Å²) in [7, 11) is 0. The summed E-state index contributed by atoms with van der Waals surface area (Å²) in [6.45, 7) is 1.95. The highest BCUT2D eigenvalue weighted by Crippen LogP contribution is 2.21. The van der Waals surface area contributed by atoms with Gasteiger partial charge in [-0.25, -0.2) is 0 Å². The van der Waals surface area contributed by atoms with Crippen molar-refractivity contribution in [3.05, 3.63) is 90.0 Å². The Kier molecular flexibility index (Phi) is 6.87. The first-order valence-corrected chi connectivity index (χ1v) is 9.89. The number of hydrogen-bond donors (Lipinski definition) is 1. The van der Waals surface area contributed by atoms with Crippen LogP contribution in [0.1, 0.15) is 15.9 Å². The summed E-state index contributed by atoms with van der Waals surface area (Å²) in [5.74, 6) is 0.904. The molecule has 0 bridgehead atoms. The van der Waals surface area contributed by atoms with Gasteiger partial charge in [0.2, 0.25) is 0 Å². The molecule has 0 saturated heterocycles. The van der Waals surface area contributed by atoms with Gasteiger partial charge in [-0.2, -0.15) is 0 Å². The van der Waals surface area contributed by atoms with Crippen molar-refractivity contribution in [2.45, 2.75) is 11.8 Å². The fourth-order valence-electron chi connectivity index (χ4n) is 2.47. The van der Waals surface area contributed by atoms with Crippen LogP contribution in [0.25, 0.3) is 0 Å². The van der Waals surface area contributed by atoms with Crippen LogP contribution in [0, 0.1) is 6.92 Å². The van der Waals surface area contributed by atoms with Gasteiger partial charge in [0.1, 0.15) is 5.75 Å². The number of thioether (sulfide) groups is 1. The zero-order valence-electron chi connectivity index (χ0n) is 15.6. The molecule has 1 N–H and O–H groups in total. The lowest BCUT2D eigenvalue weighted by Gasteiger charge is -2.08. The van der Waals surface area contributed by atoms with Gasteiger partial charge in [0.05, 0.1) is 5.75 Å². The van der Waals surface area contributed by atoms with E-state index in [1.165, 1.54) is 11.8 Å². The molecule has 0 aromatic heterocycles. The summed E-state index contributed by atoms with van der Waals surface area (Å²) in [5, 5.41) is 2.80. The van der Waals surface area contributed by atoms with Crippen LogP contribution in [-0.4, -0.2) is 24.1 Å². The number of para-hydroxylation sites is 1. The van der Waals surface area contributed by atoms with Crippen LogP contribution >= 0.6 is 11.8 Å². The van der Waals surface area contributed by atoms with Gasteiger partial charge in [-0.1, -0.05) is 48.0 Å². The average Bonchev–Trinajstić information content (AvgIpc) is 2.73. The fourth-order valence-corrected chi connectivity index (χ4v) is 3.26. The number of nitrogens with one attached hydrogen (secondary N) is 1. The van der Waals surface area contributed by atoms with Gasteiger partial charge in [0, 0.05) is 16.1 Å². The van der Waals surface area contributed by atoms with E-state index in [4.69, 9.17) is 4.74 Å². The number of amides is 1. The van der Waals surface area contributed by atoms with E-state index in [9.17, 15) is 9.59 Å². The van der Waals surface area contributed by atoms with E-state index in [1.54, 1.807) is 12.1 Å². The molecule has 0 aliphatic rings. The van der Waals surface area contributed by atoms with Crippen molar-refractivity contribution >= 4 is 29.1 Å². The first-order chi connectivity index (χ1) is 13.6. The zero-order chi connectivity index (χ0) is 19.8. The van der Waals surface area contributed by atoms with E-state index in [-0.39, 0.29) is 18.3 Å². The topological polar surface area (TPSA) is 55.4 Å². The number of benzene rings is 3. The minimum atomic E-state index is -0.223. The third kappa shape index (κ3) is 5.99. The second-order valence-electron chi connectivity index (χ2n) is 6.25. The van der Waals surface area contributed by atoms with Crippen molar-refractivity contribution in [3.8, 4) is 5.75 Å². The van der Waals surface area contributed by atoms with Crippen molar-refractivity contribution in [2.24, 2.45) is 0 Å². The molecule has 0 radical (unpaired) electrons. The van der Waals surface area contributed by atoms with Crippen LogP contribution < -0.4 is 10.1 Å². The Morgan fingerprint density at radius 2 is 1.57 bits per heavy atom. The molecule has 3 rings (SSSR count). The summed E-state index contributed by atoms with van der Waals surface area (Å²) in [4.78, 5) is 25.2. The third-order valence-electron chi connectivity index (χ3n) is 3.99. The number of aryl methyl sites for hydroxylation is 1. The number of anilines is 1. The Morgan fingerprint density at radius 3 is 2.25 bits per heavy atom. The molecule has 0 atom stereocenters. The maximum atomic E-state index is 12.2. The number of carbonyl (C=O) groups is 2. The quantitative estimate of drug-likeness (QED) is 0.434. The lowest BCUT2D eigenvalue weighted by atomic mass is 10.1. The van der Waals surface area contributed by atoms with Gasteiger partial charge in [0.15, 0.2) is 12.4 Å². The normalized spacial score (nSPS) is 10.3. The Bertz CT molecular complexity index is 922. The Morgan fingerprint density at radius 1 is 0.893 bits per heavy atom. The van der Waals surface area contributed by atoms with E-state index in [0.29, 0.717) is 17.2 Å². The van der Waals surface area contributed by atoms with Gasteiger partial charge < -0.3 is 10.1 Å². The number of carbonyl (C=O) groups excluding carboxylic acids is 2. The minimum Gasteiger partial charge on any atom is -0.484 e. The molecule has 1 amide bonds. The first-order valence-electron chi connectivity index (χ1n) is 8.90. The SMILES string of the molecule is Cc1ccc(C(=O)CSc2ccc(NC(=O)COc3ccccc3)cc2)cc1. The van der Waals surface area contributed by atoms with Crippen LogP contribution in [0.3, 0.4) is 0 Å². The summed E-state index contributed by atoms with van der Waals surface area (Å²) in [6, 6.07) is 24.2. The van der Waals surface area contributed by atoms with Crippen LogP contribution in [0.2, 0.25) is 0 Å². The van der Waals surface area contributed by atoms with Gasteiger partial charge in [-0.15, -0.1) is 11.8 Å². The second-order valence-corrected chi connectivity index (χ2v) is 7.30. The molecule has 4 nitrogen and oxygen atoms in total. The van der Waals surface area contributed by atoms with E-state index in [1.807, 2.05) is 73.7 Å². The molecule has 142 valence electrons. The number of ether oxygens (including phenoxy) is 1. The molecule has 5 heteroatoms. The van der Waals surface area contributed by atoms with E-state index < -0.39 is 0 Å². The van der Waals surface area contributed by atoms with Crippen molar-refractivity contribution in [1.82, 2.24) is 0 Å². The number of ketones is 1. The van der Waals surface area contributed by atoms with Crippen molar-refractivity contribution in [3.63, 3.8) is 0 Å². The van der Waals surface area contributed by atoms with E-state index in [2.05, 4.69) is 5.32 Å². The van der Waals surface area contributed by atoms with Crippen LogP contribution in [0.4, 0.5) is 5.69 Å². The maximum Gasteiger partial charge on any atom is 0.262 e. The Hall–Kier alpha value is -3.05. The maximum absolute atomic E-state index is 12.2. The summed E-state index contributed by atoms with van der Waals surface area (Å²) in [5.41, 5.74) is 2.55. The molecule has 3 aromatic rings. The highest BCUT2D eigenvalue weighted by molar-refractivity contribution is 8.00. The predicted molar refractivity (Wildman–Crippen MR) is 113 cm³/mol. The largest absolute Gasteiger partial charge is 0.484 e. The molecule has 0 saturated carbocycles. The summed E-state index contributed by atoms with van der Waals surface area (Å²) < 4.78 is 5.42. The minimum absolute atomic E-state index is 0.0500. The zero-order valence-corrected chi connectivity index (χ0v) is 16.4. The number of Topliss-reactive ketones (excluding diaryl/α,β-unsaturated/α-hetero) is 1. The van der Waals surface area contributed by atoms with Crippen LogP contribution in [0.15, 0.2) is 83.8 Å². The molecule has 0 aliphatic carbocycles. The molecule has 0 heterocycles. The smallest absolute Gasteiger partial charge is 0.262 e. The van der Waals surface area contributed by atoms with Crippen molar-refractivity contribution in [1.29, 1.82) is 0 Å². The van der Waals surface area contributed by atoms with Gasteiger partial charge in [-0.05, 0) is 43.3 Å². The highest BCUT2D eigenvalue weighted by Gasteiger charge is 2.07. The van der Waals surface area contributed by atoms with Gasteiger partial charge in [0.25, 0.3) is 5.91 Å². The van der Waals surface area contributed by atoms with Gasteiger partial charge in [-0.3, -0.25) is 9.59 Å². The Balaban J connectivity index is 1.45. The molecular formula is C23H21NO3S. The lowest BCUT2D eigenvalue weighted by Crippen LogP contribution is -2.20. The number of hydrogen-bond acceptors (Lipinski definition) is 4. The Labute approximate surface area is 168 Å². The fraction of sp³-hybridized carbons (Fsp3) is 0.130. The molecule has 3 aromatic carbocycles. The molecule has 0 aliphatic heterocycles. The first kappa shape index (κ1) is 19.7.